The van der Waals surface area contributed by atoms with Crippen LogP contribution in [0.1, 0.15) is 17.3 Å². The van der Waals surface area contributed by atoms with Gasteiger partial charge in [-0.05, 0) is 31.3 Å². The summed E-state index contributed by atoms with van der Waals surface area (Å²) in [4.78, 5) is 33.8. The lowest BCUT2D eigenvalue weighted by Gasteiger charge is -2.11. The molecule has 0 aliphatic carbocycles. The summed E-state index contributed by atoms with van der Waals surface area (Å²) in [6.07, 6.45) is 0. The molecule has 1 rings (SSSR count). The molecule has 0 aromatic heterocycles. The maximum absolute atomic E-state index is 11.8. The standard InChI is InChI=1S/C14H19N3O4/c1-9(7-15-2)13(20)17-11-5-3-10(4-6-11)14(21)16-8-12(18)19/h3-6,9,15H,7-8H2,1-2H3,(H,16,21)(H,17,20)(H,18,19). The zero-order chi connectivity index (χ0) is 15.8. The van der Waals surface area contributed by atoms with Crippen molar-refractivity contribution in [2.45, 2.75) is 6.92 Å². The molecule has 0 aliphatic heterocycles. The van der Waals surface area contributed by atoms with E-state index in [1.807, 2.05) is 0 Å². The lowest BCUT2D eigenvalue weighted by molar-refractivity contribution is -0.135. The number of nitrogens with one attached hydrogen (secondary N) is 3. The van der Waals surface area contributed by atoms with E-state index in [9.17, 15) is 14.4 Å². The lowest BCUT2D eigenvalue weighted by atomic mass is 10.1. The number of anilines is 1. The summed E-state index contributed by atoms with van der Waals surface area (Å²) in [6, 6.07) is 6.24. The Morgan fingerprint density at radius 1 is 1.19 bits per heavy atom. The summed E-state index contributed by atoms with van der Waals surface area (Å²) in [5.74, 6) is -1.87. The van der Waals surface area contributed by atoms with Crippen molar-refractivity contribution < 1.29 is 19.5 Å². The molecule has 114 valence electrons. The fourth-order valence-electron chi connectivity index (χ4n) is 1.63. The zero-order valence-corrected chi connectivity index (χ0v) is 12.0. The number of carboxylic acids is 1. The molecule has 2 amide bonds. The van der Waals surface area contributed by atoms with Gasteiger partial charge < -0.3 is 21.1 Å². The van der Waals surface area contributed by atoms with Crippen molar-refractivity contribution in [2.75, 3.05) is 25.5 Å². The molecule has 0 radical (unpaired) electrons. The first-order valence-corrected chi connectivity index (χ1v) is 6.49. The molecule has 21 heavy (non-hydrogen) atoms. The van der Waals surface area contributed by atoms with Gasteiger partial charge in [0.05, 0.1) is 0 Å². The van der Waals surface area contributed by atoms with Crippen molar-refractivity contribution in [1.29, 1.82) is 0 Å². The molecule has 0 bridgehead atoms. The first kappa shape index (κ1) is 16.6. The van der Waals surface area contributed by atoms with E-state index >= 15 is 0 Å². The average Bonchev–Trinajstić information content (AvgIpc) is 2.45. The van der Waals surface area contributed by atoms with Crippen LogP contribution >= 0.6 is 0 Å². The van der Waals surface area contributed by atoms with Gasteiger partial charge in [0, 0.05) is 23.7 Å². The Bertz CT molecular complexity index is 513. The molecule has 4 N–H and O–H groups in total. The Morgan fingerprint density at radius 3 is 2.33 bits per heavy atom. The largest absolute Gasteiger partial charge is 0.480 e. The number of hydrogen-bond donors (Lipinski definition) is 4. The van der Waals surface area contributed by atoms with E-state index in [1.165, 1.54) is 12.1 Å². The van der Waals surface area contributed by atoms with Crippen LogP contribution in [-0.4, -0.2) is 43.0 Å². The topological polar surface area (TPSA) is 108 Å². The van der Waals surface area contributed by atoms with Crippen molar-refractivity contribution in [2.24, 2.45) is 5.92 Å². The van der Waals surface area contributed by atoms with Crippen LogP contribution in [0.2, 0.25) is 0 Å². The number of carbonyl (C=O) groups is 3. The highest BCUT2D eigenvalue weighted by atomic mass is 16.4. The number of carboxylic acid groups (broad SMARTS) is 1. The van der Waals surface area contributed by atoms with Crippen molar-refractivity contribution in [3.63, 3.8) is 0 Å². The Balaban J connectivity index is 2.59. The SMILES string of the molecule is CNCC(C)C(=O)Nc1ccc(C(=O)NCC(=O)O)cc1. The Labute approximate surface area is 122 Å². The molecule has 0 fully saturated rings. The highest BCUT2D eigenvalue weighted by Gasteiger charge is 2.12. The van der Waals surface area contributed by atoms with Crippen LogP contribution in [0, 0.1) is 5.92 Å². The van der Waals surface area contributed by atoms with E-state index < -0.39 is 18.4 Å². The maximum atomic E-state index is 11.8. The minimum Gasteiger partial charge on any atom is -0.480 e. The zero-order valence-electron chi connectivity index (χ0n) is 12.0. The summed E-state index contributed by atoms with van der Waals surface area (Å²) in [5.41, 5.74) is 0.912. The highest BCUT2D eigenvalue weighted by molar-refractivity contribution is 5.97. The van der Waals surface area contributed by atoms with Gasteiger partial charge in [-0.25, -0.2) is 0 Å². The number of carbonyl (C=O) groups excluding carboxylic acids is 2. The van der Waals surface area contributed by atoms with Gasteiger partial charge in [0.15, 0.2) is 0 Å². The summed E-state index contributed by atoms with van der Waals surface area (Å²) >= 11 is 0. The summed E-state index contributed by atoms with van der Waals surface area (Å²) in [5, 5.41) is 16.4. The van der Waals surface area contributed by atoms with Crippen LogP contribution in [-0.2, 0) is 9.59 Å². The number of amides is 2. The van der Waals surface area contributed by atoms with Crippen LogP contribution < -0.4 is 16.0 Å². The van der Waals surface area contributed by atoms with Crippen LogP contribution in [0.5, 0.6) is 0 Å². The van der Waals surface area contributed by atoms with E-state index in [4.69, 9.17) is 5.11 Å². The average molecular weight is 293 g/mol. The van der Waals surface area contributed by atoms with Gasteiger partial charge in [-0.3, -0.25) is 14.4 Å². The molecule has 0 spiro atoms. The second-order valence-corrected chi connectivity index (χ2v) is 4.60. The van der Waals surface area contributed by atoms with Gasteiger partial charge in [-0.2, -0.15) is 0 Å². The van der Waals surface area contributed by atoms with E-state index in [0.29, 0.717) is 17.8 Å². The maximum Gasteiger partial charge on any atom is 0.322 e. The van der Waals surface area contributed by atoms with Gasteiger partial charge in [0.25, 0.3) is 5.91 Å². The van der Waals surface area contributed by atoms with Gasteiger partial charge in [0.1, 0.15) is 6.54 Å². The normalized spacial score (nSPS) is 11.5. The number of benzene rings is 1. The van der Waals surface area contributed by atoms with Gasteiger partial charge in [0.2, 0.25) is 5.91 Å². The molecule has 0 saturated carbocycles. The first-order valence-electron chi connectivity index (χ1n) is 6.49. The summed E-state index contributed by atoms with van der Waals surface area (Å²) < 4.78 is 0. The minimum atomic E-state index is -1.11. The lowest BCUT2D eigenvalue weighted by Crippen LogP contribution is -2.29. The third-order valence-corrected chi connectivity index (χ3v) is 2.77. The highest BCUT2D eigenvalue weighted by Crippen LogP contribution is 2.11. The van der Waals surface area contributed by atoms with E-state index in [-0.39, 0.29) is 11.8 Å². The van der Waals surface area contributed by atoms with Crippen LogP contribution in [0.25, 0.3) is 0 Å². The van der Waals surface area contributed by atoms with Crippen LogP contribution in [0.4, 0.5) is 5.69 Å². The van der Waals surface area contributed by atoms with E-state index in [0.717, 1.165) is 0 Å². The van der Waals surface area contributed by atoms with Crippen molar-refractivity contribution in [1.82, 2.24) is 10.6 Å². The molecule has 1 atom stereocenters. The Kier molecular flexibility index (Phi) is 6.35. The molecule has 0 heterocycles. The molecule has 0 aliphatic rings. The van der Waals surface area contributed by atoms with Crippen LogP contribution in [0.3, 0.4) is 0 Å². The van der Waals surface area contributed by atoms with Crippen molar-refractivity contribution in [3.8, 4) is 0 Å². The van der Waals surface area contributed by atoms with Crippen molar-refractivity contribution in [3.05, 3.63) is 29.8 Å². The first-order chi connectivity index (χ1) is 9.93. The molecule has 1 aromatic carbocycles. The second kappa shape index (κ2) is 8.01. The molecule has 7 nitrogen and oxygen atoms in total. The molecule has 0 saturated heterocycles. The number of aliphatic carboxylic acids is 1. The van der Waals surface area contributed by atoms with Gasteiger partial charge in [-0.1, -0.05) is 6.92 Å². The van der Waals surface area contributed by atoms with E-state index in [1.54, 1.807) is 26.1 Å². The molecular formula is C14H19N3O4. The molecular weight excluding hydrogens is 274 g/mol. The second-order valence-electron chi connectivity index (χ2n) is 4.60. The fraction of sp³-hybridized carbons (Fsp3) is 0.357. The molecule has 1 unspecified atom stereocenters. The third-order valence-electron chi connectivity index (χ3n) is 2.77. The van der Waals surface area contributed by atoms with E-state index in [2.05, 4.69) is 16.0 Å². The Morgan fingerprint density at radius 2 is 1.81 bits per heavy atom. The monoisotopic (exact) mass is 293 g/mol. The fourth-order valence-corrected chi connectivity index (χ4v) is 1.63. The summed E-state index contributed by atoms with van der Waals surface area (Å²) in [7, 11) is 1.77. The minimum absolute atomic E-state index is 0.118. The number of rotatable bonds is 7. The van der Waals surface area contributed by atoms with Gasteiger partial charge >= 0.3 is 5.97 Å². The quantitative estimate of drug-likeness (QED) is 0.578. The predicted octanol–water partition coefficient (Wildman–Crippen LogP) is 0.295. The third kappa shape index (κ3) is 5.62. The van der Waals surface area contributed by atoms with Gasteiger partial charge in [-0.15, -0.1) is 0 Å². The summed E-state index contributed by atoms with van der Waals surface area (Å²) in [6.45, 7) is 1.94. The van der Waals surface area contributed by atoms with Crippen LogP contribution in [0.15, 0.2) is 24.3 Å². The Hall–Kier alpha value is -2.41. The van der Waals surface area contributed by atoms with Crippen molar-refractivity contribution >= 4 is 23.5 Å². The molecule has 1 aromatic rings. The molecule has 7 heteroatoms. The number of hydrogen-bond acceptors (Lipinski definition) is 4. The smallest absolute Gasteiger partial charge is 0.322 e. The predicted molar refractivity (Wildman–Crippen MR) is 78.1 cm³/mol.